The Hall–Kier alpha value is -5.37. The number of hydrogen-bond acceptors (Lipinski definition) is 5. The minimum absolute atomic E-state index is 0.195. The zero-order valence-electron chi connectivity index (χ0n) is 19.5. The van der Waals surface area contributed by atoms with Crippen LogP contribution in [-0.4, -0.2) is 22.1 Å². The van der Waals surface area contributed by atoms with Gasteiger partial charge in [-0.05, 0) is 52.9 Å². The molecular formula is C29H22N4O4. The number of carbonyl (C=O) groups is 2. The minimum atomic E-state index is -0.990. The molecule has 5 N–H and O–H groups in total. The maximum absolute atomic E-state index is 11.4. The summed E-state index contributed by atoms with van der Waals surface area (Å²) in [6, 6.07) is 28.7. The molecule has 3 aromatic carbocycles. The number of hydrogen-bond donors (Lipinski definition) is 4. The quantitative estimate of drug-likeness (QED) is 0.208. The molecule has 182 valence electrons. The van der Waals surface area contributed by atoms with E-state index in [1.165, 1.54) is 23.3 Å². The van der Waals surface area contributed by atoms with E-state index in [1.807, 2.05) is 30.3 Å². The summed E-state index contributed by atoms with van der Waals surface area (Å²) in [4.78, 5) is 26.7. The smallest absolute Gasteiger partial charge is 0.335 e. The van der Waals surface area contributed by atoms with Gasteiger partial charge in [-0.1, -0.05) is 54.6 Å². The van der Waals surface area contributed by atoms with Crippen LogP contribution in [0.5, 0.6) is 11.5 Å². The summed E-state index contributed by atoms with van der Waals surface area (Å²) in [6.07, 6.45) is 1.58. The topological polar surface area (TPSA) is 127 Å². The molecule has 0 spiro atoms. The van der Waals surface area contributed by atoms with Gasteiger partial charge in [-0.15, -0.1) is 0 Å². The number of anilines is 3. The number of rotatable bonds is 6. The third kappa shape index (κ3) is 5.33. The average molecular weight is 491 g/mol. The van der Waals surface area contributed by atoms with E-state index in [0.29, 0.717) is 28.7 Å². The van der Waals surface area contributed by atoms with Crippen LogP contribution in [0.4, 0.5) is 22.0 Å². The summed E-state index contributed by atoms with van der Waals surface area (Å²) < 4.78 is 6.12. The number of ether oxygens (including phenoxy) is 1. The van der Waals surface area contributed by atoms with E-state index in [2.05, 4.69) is 39.9 Å². The lowest BCUT2D eigenvalue weighted by molar-refractivity contribution is 0.0697. The standard InChI is InChI=1S/C23H18N4O4.C6H4/c24-23(30)27-19-10-7-14-3-1-2-4-18(14)21(19)31-17-11-12-25-20(13-17)26-16-8-5-15(6-9-16)22(28)29;1-2-6-4-3-5(1)6/h1-13H,(H,25,26)(H,28,29)(H3,24,27,30);1-4H. The molecule has 2 aliphatic rings. The Labute approximate surface area is 212 Å². The largest absolute Gasteiger partial charge is 0.478 e. The van der Waals surface area contributed by atoms with Gasteiger partial charge in [-0.2, -0.15) is 0 Å². The Morgan fingerprint density at radius 2 is 1.54 bits per heavy atom. The second-order valence-corrected chi connectivity index (χ2v) is 8.22. The number of nitrogens with one attached hydrogen (secondary N) is 2. The number of fused-ring (bicyclic) bond motifs is 2. The van der Waals surface area contributed by atoms with Gasteiger partial charge in [0.1, 0.15) is 11.6 Å². The van der Waals surface area contributed by atoms with Crippen molar-refractivity contribution in [3.05, 3.63) is 109 Å². The molecule has 2 aliphatic carbocycles. The highest BCUT2D eigenvalue weighted by atomic mass is 16.5. The molecule has 1 heterocycles. The normalized spacial score (nSPS) is 10.6. The lowest BCUT2D eigenvalue weighted by Gasteiger charge is -2.15. The van der Waals surface area contributed by atoms with Gasteiger partial charge in [0.25, 0.3) is 0 Å². The molecule has 0 unspecified atom stereocenters. The van der Waals surface area contributed by atoms with Crippen molar-refractivity contribution in [2.45, 2.75) is 0 Å². The molecule has 1 aromatic heterocycles. The van der Waals surface area contributed by atoms with Gasteiger partial charge in [-0.3, -0.25) is 0 Å². The fraction of sp³-hybridized carbons (Fsp3) is 0. The Balaban J connectivity index is 0.000000403. The number of nitrogens with zero attached hydrogens (tertiary/aromatic N) is 1. The lowest BCUT2D eigenvalue weighted by atomic mass is 9.95. The molecule has 6 rings (SSSR count). The molecule has 0 atom stereocenters. The summed E-state index contributed by atoms with van der Waals surface area (Å²) in [7, 11) is 0. The van der Waals surface area contributed by atoms with Gasteiger partial charge < -0.3 is 26.2 Å². The van der Waals surface area contributed by atoms with Crippen molar-refractivity contribution in [3.63, 3.8) is 0 Å². The second-order valence-electron chi connectivity index (χ2n) is 8.22. The van der Waals surface area contributed by atoms with Crippen molar-refractivity contribution in [1.82, 2.24) is 4.98 Å². The molecule has 2 amide bonds. The Morgan fingerprint density at radius 3 is 2.16 bits per heavy atom. The third-order valence-electron chi connectivity index (χ3n) is 5.71. The van der Waals surface area contributed by atoms with Crippen LogP contribution in [0.15, 0.2) is 103 Å². The van der Waals surface area contributed by atoms with Crippen LogP contribution in [0.1, 0.15) is 10.4 Å². The molecule has 4 aromatic rings. The minimum Gasteiger partial charge on any atom is -0.478 e. The molecule has 0 aliphatic heterocycles. The number of carboxylic acids is 1. The number of carboxylic acid groups (broad SMARTS) is 1. The maximum Gasteiger partial charge on any atom is 0.335 e. The van der Waals surface area contributed by atoms with Crippen molar-refractivity contribution < 1.29 is 19.4 Å². The van der Waals surface area contributed by atoms with Crippen molar-refractivity contribution in [2.24, 2.45) is 5.73 Å². The molecule has 0 saturated heterocycles. The van der Waals surface area contributed by atoms with Crippen molar-refractivity contribution >= 4 is 40.0 Å². The van der Waals surface area contributed by atoms with E-state index >= 15 is 0 Å². The zero-order chi connectivity index (χ0) is 25.8. The first-order valence-electron chi connectivity index (χ1n) is 11.4. The van der Waals surface area contributed by atoms with Gasteiger partial charge in [0.05, 0.1) is 11.3 Å². The number of primary amides is 1. The highest BCUT2D eigenvalue weighted by molar-refractivity contribution is 5.98. The number of urea groups is 1. The Morgan fingerprint density at radius 1 is 0.838 bits per heavy atom. The Bertz CT molecular complexity index is 1580. The van der Waals surface area contributed by atoms with Gasteiger partial charge in [0.15, 0.2) is 5.75 Å². The summed E-state index contributed by atoms with van der Waals surface area (Å²) in [5.74, 6) is 0.462. The SMILES string of the molecule is NC(=O)Nc1ccc2ccccc2c1Oc1ccnc(Nc2ccc(C(=O)O)cc2)c1.c1cc2ccc1-2. The summed E-state index contributed by atoms with van der Waals surface area (Å²) in [5.41, 5.74) is 9.48. The molecule has 8 heteroatoms. The summed E-state index contributed by atoms with van der Waals surface area (Å²) in [6.45, 7) is 0. The Kier molecular flexibility index (Phi) is 6.37. The predicted octanol–water partition coefficient (Wildman–Crippen LogP) is 6.63. The number of benzene rings is 4. The van der Waals surface area contributed by atoms with Crippen LogP contribution in [0.2, 0.25) is 0 Å². The van der Waals surface area contributed by atoms with Gasteiger partial charge in [0.2, 0.25) is 0 Å². The fourth-order valence-electron chi connectivity index (χ4n) is 3.75. The fourth-order valence-corrected chi connectivity index (χ4v) is 3.75. The van der Waals surface area contributed by atoms with E-state index in [-0.39, 0.29) is 5.56 Å². The molecule has 0 fully saturated rings. The van der Waals surface area contributed by atoms with E-state index in [9.17, 15) is 9.59 Å². The highest BCUT2D eigenvalue weighted by Crippen LogP contribution is 2.37. The lowest BCUT2D eigenvalue weighted by Crippen LogP contribution is -2.19. The van der Waals surface area contributed by atoms with Crippen LogP contribution in [0.3, 0.4) is 0 Å². The van der Waals surface area contributed by atoms with Crippen LogP contribution >= 0.6 is 0 Å². The van der Waals surface area contributed by atoms with E-state index in [4.69, 9.17) is 15.6 Å². The van der Waals surface area contributed by atoms with Crippen molar-refractivity contribution in [2.75, 3.05) is 10.6 Å². The van der Waals surface area contributed by atoms with Crippen LogP contribution < -0.4 is 21.1 Å². The first kappa shape index (κ1) is 23.4. The maximum atomic E-state index is 11.4. The molecule has 0 bridgehead atoms. The van der Waals surface area contributed by atoms with E-state index in [0.717, 1.165) is 10.8 Å². The van der Waals surface area contributed by atoms with Crippen molar-refractivity contribution in [3.8, 4) is 22.6 Å². The second kappa shape index (κ2) is 10.1. The molecule has 0 radical (unpaired) electrons. The average Bonchev–Trinajstić information content (AvgIpc) is 2.88. The van der Waals surface area contributed by atoms with Crippen molar-refractivity contribution in [1.29, 1.82) is 0 Å². The summed E-state index contributed by atoms with van der Waals surface area (Å²) in [5, 5.41) is 16.5. The summed E-state index contributed by atoms with van der Waals surface area (Å²) >= 11 is 0. The molecule has 0 saturated carbocycles. The molecule has 37 heavy (non-hydrogen) atoms. The van der Waals surface area contributed by atoms with Crippen LogP contribution in [0.25, 0.3) is 21.9 Å². The van der Waals surface area contributed by atoms with Crippen LogP contribution in [0, 0.1) is 0 Å². The zero-order valence-corrected chi connectivity index (χ0v) is 19.5. The van der Waals surface area contributed by atoms with Gasteiger partial charge >= 0.3 is 12.0 Å². The van der Waals surface area contributed by atoms with Crippen LogP contribution in [-0.2, 0) is 0 Å². The molecule has 8 nitrogen and oxygen atoms in total. The highest BCUT2D eigenvalue weighted by Gasteiger charge is 2.12. The number of amides is 2. The molecular weight excluding hydrogens is 468 g/mol. The number of nitrogens with two attached hydrogens (primary N) is 1. The van der Waals surface area contributed by atoms with Gasteiger partial charge in [-0.25, -0.2) is 14.6 Å². The first-order valence-corrected chi connectivity index (χ1v) is 11.4. The number of aromatic nitrogens is 1. The predicted molar refractivity (Wildman–Crippen MR) is 144 cm³/mol. The van der Waals surface area contributed by atoms with E-state index in [1.54, 1.807) is 36.5 Å². The first-order chi connectivity index (χ1) is 18.0. The monoisotopic (exact) mass is 490 g/mol. The van der Waals surface area contributed by atoms with E-state index < -0.39 is 12.0 Å². The number of pyridine rings is 1. The third-order valence-corrected chi connectivity index (χ3v) is 5.71. The number of aromatic carboxylic acids is 1. The van der Waals surface area contributed by atoms with Gasteiger partial charge in [0, 0.05) is 23.3 Å². The number of carbonyl (C=O) groups excluding carboxylic acids is 1.